The lowest BCUT2D eigenvalue weighted by atomic mass is 10.3. The molecule has 0 aliphatic carbocycles. The van der Waals surface area contributed by atoms with Crippen LogP contribution in [0.15, 0.2) is 29.4 Å². The molecule has 1 fully saturated rings. The molecule has 1 saturated heterocycles. The van der Waals surface area contributed by atoms with Crippen LogP contribution in [-0.4, -0.2) is 43.4 Å². The van der Waals surface area contributed by atoms with E-state index in [9.17, 15) is 8.42 Å². The molecular weight excluding hydrogens is 226 g/mol. The van der Waals surface area contributed by atoms with Gasteiger partial charge in [0, 0.05) is 31.9 Å². The van der Waals surface area contributed by atoms with Crippen LogP contribution in [0.5, 0.6) is 0 Å². The number of rotatable bonds is 2. The van der Waals surface area contributed by atoms with Crippen LogP contribution in [0, 0.1) is 0 Å². The Hall–Kier alpha value is -0.980. The normalized spacial score (nSPS) is 23.2. The molecule has 1 aliphatic heterocycles. The first-order valence-electron chi connectivity index (χ1n) is 5.25. The summed E-state index contributed by atoms with van der Waals surface area (Å²) in [5.74, 6) is 0. The van der Waals surface area contributed by atoms with Crippen molar-refractivity contribution in [2.75, 3.05) is 19.6 Å². The van der Waals surface area contributed by atoms with E-state index in [1.807, 2.05) is 6.92 Å². The second kappa shape index (κ2) is 4.48. The molecule has 0 amide bonds. The fourth-order valence-electron chi connectivity index (χ4n) is 1.75. The van der Waals surface area contributed by atoms with Crippen LogP contribution < -0.4 is 5.32 Å². The Labute approximate surface area is 95.5 Å². The molecule has 1 aromatic rings. The molecule has 88 valence electrons. The van der Waals surface area contributed by atoms with Crippen molar-refractivity contribution in [2.45, 2.75) is 18.0 Å². The zero-order valence-corrected chi connectivity index (χ0v) is 9.94. The predicted molar refractivity (Wildman–Crippen MR) is 60.5 cm³/mol. The Balaban J connectivity index is 2.26. The average Bonchev–Trinajstić information content (AvgIpc) is 2.30. The summed E-state index contributed by atoms with van der Waals surface area (Å²) in [6.45, 7) is 3.66. The Morgan fingerprint density at radius 1 is 1.50 bits per heavy atom. The summed E-state index contributed by atoms with van der Waals surface area (Å²) in [7, 11) is -3.41. The molecule has 0 saturated carbocycles. The maximum atomic E-state index is 12.2. The number of nitrogens with one attached hydrogen (secondary N) is 1. The van der Waals surface area contributed by atoms with Crippen molar-refractivity contribution in [1.29, 1.82) is 0 Å². The van der Waals surface area contributed by atoms with E-state index < -0.39 is 10.0 Å². The first kappa shape index (κ1) is 11.5. The molecule has 0 radical (unpaired) electrons. The van der Waals surface area contributed by atoms with Crippen molar-refractivity contribution < 1.29 is 8.42 Å². The zero-order valence-electron chi connectivity index (χ0n) is 9.13. The lowest BCUT2D eigenvalue weighted by molar-refractivity contribution is 0.309. The first-order chi connectivity index (χ1) is 7.60. The van der Waals surface area contributed by atoms with E-state index >= 15 is 0 Å². The van der Waals surface area contributed by atoms with Crippen LogP contribution in [0.4, 0.5) is 0 Å². The van der Waals surface area contributed by atoms with E-state index in [4.69, 9.17) is 0 Å². The van der Waals surface area contributed by atoms with Gasteiger partial charge in [0.15, 0.2) is 5.03 Å². The molecule has 16 heavy (non-hydrogen) atoms. The number of nitrogens with zero attached hydrogens (tertiary/aromatic N) is 2. The molecule has 1 aromatic heterocycles. The minimum Gasteiger partial charge on any atom is -0.312 e. The highest BCUT2D eigenvalue weighted by Gasteiger charge is 2.28. The molecular formula is C10H15N3O2S. The number of piperazine rings is 1. The third-order valence-corrected chi connectivity index (χ3v) is 4.36. The van der Waals surface area contributed by atoms with Gasteiger partial charge >= 0.3 is 0 Å². The van der Waals surface area contributed by atoms with Crippen molar-refractivity contribution in [2.24, 2.45) is 0 Å². The van der Waals surface area contributed by atoms with Gasteiger partial charge in [-0.15, -0.1) is 0 Å². The molecule has 0 bridgehead atoms. The Morgan fingerprint density at radius 3 is 2.94 bits per heavy atom. The first-order valence-corrected chi connectivity index (χ1v) is 6.69. The SMILES string of the molecule is C[C@@H]1CN(S(=O)(=O)c2ccccn2)CCN1. The van der Waals surface area contributed by atoms with E-state index in [1.165, 1.54) is 16.6 Å². The van der Waals surface area contributed by atoms with E-state index in [-0.39, 0.29) is 11.1 Å². The second-order valence-corrected chi connectivity index (χ2v) is 5.77. The molecule has 6 heteroatoms. The van der Waals surface area contributed by atoms with Gasteiger partial charge in [0.05, 0.1) is 0 Å². The summed E-state index contributed by atoms with van der Waals surface area (Å²) in [4.78, 5) is 3.90. The number of hydrogen-bond donors (Lipinski definition) is 1. The van der Waals surface area contributed by atoms with Gasteiger partial charge in [0.2, 0.25) is 0 Å². The van der Waals surface area contributed by atoms with Gasteiger partial charge in [-0.05, 0) is 19.1 Å². The molecule has 0 aromatic carbocycles. The fraction of sp³-hybridized carbons (Fsp3) is 0.500. The van der Waals surface area contributed by atoms with Crippen molar-refractivity contribution in [1.82, 2.24) is 14.6 Å². The summed E-state index contributed by atoms with van der Waals surface area (Å²) in [5, 5.41) is 3.34. The molecule has 5 nitrogen and oxygen atoms in total. The summed E-state index contributed by atoms with van der Waals surface area (Å²) in [6, 6.07) is 5.11. The highest BCUT2D eigenvalue weighted by atomic mass is 32.2. The van der Waals surface area contributed by atoms with Crippen molar-refractivity contribution >= 4 is 10.0 Å². The number of pyridine rings is 1. The molecule has 2 heterocycles. The minimum atomic E-state index is -3.41. The van der Waals surface area contributed by atoms with Crippen LogP contribution in [0.25, 0.3) is 0 Å². The summed E-state index contributed by atoms with van der Waals surface area (Å²) in [6.07, 6.45) is 1.50. The molecule has 0 spiro atoms. The standard InChI is InChI=1S/C10H15N3O2S/c1-9-8-13(7-6-11-9)16(14,15)10-4-2-3-5-12-10/h2-5,9,11H,6-8H2,1H3/t9-/m1/s1. The highest BCUT2D eigenvalue weighted by molar-refractivity contribution is 7.89. The molecule has 1 aliphatic rings. The van der Waals surface area contributed by atoms with Gasteiger partial charge in [0.25, 0.3) is 10.0 Å². The van der Waals surface area contributed by atoms with Crippen molar-refractivity contribution in [3.63, 3.8) is 0 Å². The van der Waals surface area contributed by atoms with Crippen molar-refractivity contribution in [3.05, 3.63) is 24.4 Å². The number of sulfonamides is 1. The molecule has 1 N–H and O–H groups in total. The van der Waals surface area contributed by atoms with E-state index in [0.29, 0.717) is 19.6 Å². The van der Waals surface area contributed by atoms with Crippen LogP contribution in [0.1, 0.15) is 6.92 Å². The van der Waals surface area contributed by atoms with Gasteiger partial charge in [-0.2, -0.15) is 4.31 Å². The highest BCUT2D eigenvalue weighted by Crippen LogP contribution is 2.14. The summed E-state index contributed by atoms with van der Waals surface area (Å²) in [5.41, 5.74) is 0. The van der Waals surface area contributed by atoms with Crippen molar-refractivity contribution in [3.8, 4) is 0 Å². The topological polar surface area (TPSA) is 62.3 Å². The Morgan fingerprint density at radius 2 is 2.31 bits per heavy atom. The summed E-state index contributed by atoms with van der Waals surface area (Å²) >= 11 is 0. The van der Waals surface area contributed by atoms with Gasteiger partial charge < -0.3 is 5.32 Å². The lowest BCUT2D eigenvalue weighted by Gasteiger charge is -2.30. The fourth-order valence-corrected chi connectivity index (χ4v) is 3.21. The van der Waals surface area contributed by atoms with Gasteiger partial charge in [-0.3, -0.25) is 0 Å². The van der Waals surface area contributed by atoms with Gasteiger partial charge in [-0.1, -0.05) is 6.07 Å². The van der Waals surface area contributed by atoms with Gasteiger partial charge in [0.1, 0.15) is 0 Å². The molecule has 0 unspecified atom stereocenters. The van der Waals surface area contributed by atoms with Crippen LogP contribution >= 0.6 is 0 Å². The van der Waals surface area contributed by atoms with E-state index in [1.54, 1.807) is 12.1 Å². The largest absolute Gasteiger partial charge is 0.312 e. The van der Waals surface area contributed by atoms with Gasteiger partial charge in [-0.25, -0.2) is 13.4 Å². The second-order valence-electron chi connectivity index (χ2n) is 3.89. The number of aromatic nitrogens is 1. The van der Waals surface area contributed by atoms with E-state index in [2.05, 4.69) is 10.3 Å². The van der Waals surface area contributed by atoms with E-state index in [0.717, 1.165) is 0 Å². The predicted octanol–water partition coefficient (Wildman–Crippen LogP) is 0.0640. The van der Waals surface area contributed by atoms with Crippen LogP contribution in [0.3, 0.4) is 0 Å². The van der Waals surface area contributed by atoms with Crippen LogP contribution in [-0.2, 0) is 10.0 Å². The monoisotopic (exact) mass is 241 g/mol. The number of hydrogen-bond acceptors (Lipinski definition) is 4. The minimum absolute atomic E-state index is 0.129. The van der Waals surface area contributed by atoms with Crippen LogP contribution in [0.2, 0.25) is 0 Å². The molecule has 1 atom stereocenters. The quantitative estimate of drug-likeness (QED) is 0.795. The molecule has 2 rings (SSSR count). The Bertz CT molecular complexity index is 446. The lowest BCUT2D eigenvalue weighted by Crippen LogP contribution is -2.51. The smallest absolute Gasteiger partial charge is 0.260 e. The third kappa shape index (κ3) is 2.23. The maximum absolute atomic E-state index is 12.2. The summed E-state index contributed by atoms with van der Waals surface area (Å²) < 4.78 is 25.8. The maximum Gasteiger partial charge on any atom is 0.260 e. The Kier molecular flexibility index (Phi) is 3.22. The third-order valence-electron chi connectivity index (χ3n) is 2.57. The average molecular weight is 241 g/mol. The zero-order chi connectivity index (χ0) is 11.6.